The zero-order valence-electron chi connectivity index (χ0n) is 10.1. The molecule has 0 atom stereocenters. The summed E-state index contributed by atoms with van der Waals surface area (Å²) >= 11 is 0. The Morgan fingerprint density at radius 2 is 1.82 bits per heavy atom. The van der Waals surface area contributed by atoms with Gasteiger partial charge in [0.2, 0.25) is 0 Å². The molecular formula is C16H17N. The van der Waals surface area contributed by atoms with E-state index in [1.807, 2.05) is 42.5 Å². The highest BCUT2D eigenvalue weighted by Gasteiger charge is 1.76. The molecule has 0 N–H and O–H groups in total. The first kappa shape index (κ1) is 14.7. The van der Waals surface area contributed by atoms with Crippen molar-refractivity contribution < 1.29 is 0 Å². The molecule has 1 rings (SSSR count). The van der Waals surface area contributed by atoms with Gasteiger partial charge in [0.05, 0.1) is 6.07 Å². The number of nitrogens with zero attached hydrogens (tertiary/aromatic N) is 1. The van der Waals surface area contributed by atoms with Crippen LogP contribution in [0.1, 0.15) is 12.5 Å². The minimum absolute atomic E-state index is 0.702. The second-order valence-electron chi connectivity index (χ2n) is 3.20. The van der Waals surface area contributed by atoms with Crippen LogP contribution < -0.4 is 0 Å². The van der Waals surface area contributed by atoms with Crippen molar-refractivity contribution in [2.24, 2.45) is 0 Å². The van der Waals surface area contributed by atoms with Crippen molar-refractivity contribution in [3.63, 3.8) is 0 Å². The second kappa shape index (κ2) is 10.2. The molecule has 86 valence electrons. The summed E-state index contributed by atoms with van der Waals surface area (Å²) in [5.74, 6) is 0. The van der Waals surface area contributed by atoms with Gasteiger partial charge in [-0.3, -0.25) is 0 Å². The largest absolute Gasteiger partial charge is 0.193 e. The van der Waals surface area contributed by atoms with Crippen LogP contribution in [0.3, 0.4) is 0 Å². The summed E-state index contributed by atoms with van der Waals surface area (Å²) in [4.78, 5) is 0. The van der Waals surface area contributed by atoms with Gasteiger partial charge in [0.15, 0.2) is 0 Å². The molecule has 0 bridgehead atoms. The minimum atomic E-state index is 0.702. The van der Waals surface area contributed by atoms with Crippen LogP contribution in [-0.4, -0.2) is 0 Å². The lowest BCUT2D eigenvalue weighted by Gasteiger charge is -1.85. The molecule has 0 aromatic heterocycles. The average molecular weight is 223 g/mol. The van der Waals surface area contributed by atoms with Crippen LogP contribution in [0.2, 0.25) is 0 Å². The first-order chi connectivity index (χ1) is 8.24. The number of benzene rings is 1. The topological polar surface area (TPSA) is 23.8 Å². The Bertz CT molecular complexity index is 430. The van der Waals surface area contributed by atoms with E-state index in [1.165, 1.54) is 5.56 Å². The number of allylic oxidation sites excluding steroid dienone is 5. The lowest BCUT2D eigenvalue weighted by molar-refractivity contribution is 1.44. The monoisotopic (exact) mass is 223 g/mol. The van der Waals surface area contributed by atoms with Gasteiger partial charge in [-0.1, -0.05) is 67.8 Å². The van der Waals surface area contributed by atoms with Gasteiger partial charge in [-0.15, -0.1) is 0 Å². The maximum Gasteiger partial charge on any atom is 0.0944 e. The van der Waals surface area contributed by atoms with E-state index in [0.29, 0.717) is 5.57 Å². The second-order valence-corrected chi connectivity index (χ2v) is 3.20. The van der Waals surface area contributed by atoms with Gasteiger partial charge >= 0.3 is 0 Å². The molecule has 0 heterocycles. The van der Waals surface area contributed by atoms with E-state index in [9.17, 15) is 0 Å². The maximum absolute atomic E-state index is 8.26. The average Bonchev–Trinajstić information content (AvgIpc) is 2.40. The Kier molecular flexibility index (Phi) is 8.80. The summed E-state index contributed by atoms with van der Waals surface area (Å²) in [7, 11) is 0. The predicted octanol–water partition coefficient (Wildman–Crippen LogP) is 4.53. The molecule has 1 nitrogen and oxygen atoms in total. The SMILES string of the molecule is C=CC=CC=C(C)C#N.C=Cc1ccccc1. The Balaban J connectivity index is 0.000000302. The normalized spacial score (nSPS) is 10.0. The molecule has 0 saturated carbocycles. The lowest BCUT2D eigenvalue weighted by Crippen LogP contribution is -1.63. The Morgan fingerprint density at radius 3 is 2.24 bits per heavy atom. The minimum Gasteiger partial charge on any atom is -0.193 e. The molecule has 0 aliphatic carbocycles. The van der Waals surface area contributed by atoms with Crippen molar-refractivity contribution in [2.75, 3.05) is 0 Å². The summed E-state index contributed by atoms with van der Waals surface area (Å²) in [5, 5.41) is 8.26. The van der Waals surface area contributed by atoms with Crippen LogP contribution in [-0.2, 0) is 0 Å². The van der Waals surface area contributed by atoms with Gasteiger partial charge in [0, 0.05) is 5.57 Å². The van der Waals surface area contributed by atoms with Gasteiger partial charge in [-0.05, 0) is 18.6 Å². The van der Waals surface area contributed by atoms with Crippen molar-refractivity contribution in [1.82, 2.24) is 0 Å². The summed E-state index contributed by atoms with van der Waals surface area (Å²) in [6, 6.07) is 12.0. The number of hydrogen-bond donors (Lipinski definition) is 0. The summed E-state index contributed by atoms with van der Waals surface area (Å²) in [6.45, 7) is 8.87. The molecule has 0 radical (unpaired) electrons. The van der Waals surface area contributed by atoms with E-state index in [4.69, 9.17) is 5.26 Å². The standard InChI is InChI=1S/C8H9N.C8H8/c1-3-4-5-6-8(2)7-9;1-2-8-6-4-3-5-7-8/h3-6H,1H2,2H3;2-7H,1H2. The third-order valence-corrected chi connectivity index (χ3v) is 1.81. The highest BCUT2D eigenvalue weighted by Crippen LogP contribution is 1.97. The number of nitriles is 1. The third kappa shape index (κ3) is 8.65. The highest BCUT2D eigenvalue weighted by molar-refractivity contribution is 5.45. The van der Waals surface area contributed by atoms with Crippen molar-refractivity contribution in [3.8, 4) is 6.07 Å². The van der Waals surface area contributed by atoms with Gasteiger partial charge in [0.1, 0.15) is 0 Å². The molecule has 1 heteroatoms. The highest BCUT2D eigenvalue weighted by atomic mass is 14.2. The van der Waals surface area contributed by atoms with Crippen molar-refractivity contribution >= 4 is 6.08 Å². The third-order valence-electron chi connectivity index (χ3n) is 1.81. The molecule has 0 spiro atoms. The Hall–Kier alpha value is -2.33. The van der Waals surface area contributed by atoms with Crippen LogP contribution in [0.5, 0.6) is 0 Å². The number of hydrogen-bond acceptors (Lipinski definition) is 1. The fraction of sp³-hybridized carbons (Fsp3) is 0.0625. The zero-order chi connectivity index (χ0) is 12.9. The summed E-state index contributed by atoms with van der Waals surface area (Å²) in [6.07, 6.45) is 8.80. The summed E-state index contributed by atoms with van der Waals surface area (Å²) in [5.41, 5.74) is 1.88. The molecule has 0 aliphatic heterocycles. The molecule has 17 heavy (non-hydrogen) atoms. The van der Waals surface area contributed by atoms with E-state index in [0.717, 1.165) is 0 Å². The summed E-state index contributed by atoms with van der Waals surface area (Å²) < 4.78 is 0. The van der Waals surface area contributed by atoms with E-state index < -0.39 is 0 Å². The fourth-order valence-corrected chi connectivity index (χ4v) is 0.905. The van der Waals surface area contributed by atoms with Gasteiger partial charge in [0.25, 0.3) is 0 Å². The zero-order valence-corrected chi connectivity index (χ0v) is 10.1. The van der Waals surface area contributed by atoms with Crippen LogP contribution in [0.4, 0.5) is 0 Å². The maximum atomic E-state index is 8.26. The van der Waals surface area contributed by atoms with Gasteiger partial charge in [-0.2, -0.15) is 5.26 Å². The Labute approximate surface area is 104 Å². The molecule has 0 unspecified atom stereocenters. The van der Waals surface area contributed by atoms with E-state index in [-0.39, 0.29) is 0 Å². The molecule has 0 saturated heterocycles. The van der Waals surface area contributed by atoms with E-state index >= 15 is 0 Å². The van der Waals surface area contributed by atoms with Crippen LogP contribution >= 0.6 is 0 Å². The van der Waals surface area contributed by atoms with Crippen LogP contribution in [0.15, 0.2) is 73.4 Å². The van der Waals surface area contributed by atoms with Crippen LogP contribution in [0.25, 0.3) is 6.08 Å². The molecule has 0 aliphatic rings. The first-order valence-corrected chi connectivity index (χ1v) is 5.28. The number of rotatable bonds is 3. The van der Waals surface area contributed by atoms with E-state index in [1.54, 1.807) is 31.2 Å². The smallest absolute Gasteiger partial charge is 0.0944 e. The molecular weight excluding hydrogens is 206 g/mol. The Morgan fingerprint density at radius 1 is 1.18 bits per heavy atom. The first-order valence-electron chi connectivity index (χ1n) is 5.28. The van der Waals surface area contributed by atoms with Gasteiger partial charge in [-0.25, -0.2) is 0 Å². The van der Waals surface area contributed by atoms with Crippen LogP contribution in [0, 0.1) is 11.3 Å². The van der Waals surface area contributed by atoms with Crippen molar-refractivity contribution in [3.05, 3.63) is 78.9 Å². The van der Waals surface area contributed by atoms with Crippen molar-refractivity contribution in [2.45, 2.75) is 6.92 Å². The molecule has 0 amide bonds. The lowest BCUT2D eigenvalue weighted by atomic mass is 10.2. The molecule has 0 fully saturated rings. The molecule has 1 aromatic rings. The fourth-order valence-electron chi connectivity index (χ4n) is 0.905. The van der Waals surface area contributed by atoms with E-state index in [2.05, 4.69) is 13.2 Å². The van der Waals surface area contributed by atoms with Gasteiger partial charge < -0.3 is 0 Å². The van der Waals surface area contributed by atoms with Crippen molar-refractivity contribution in [1.29, 1.82) is 5.26 Å². The molecule has 1 aromatic carbocycles. The predicted molar refractivity (Wildman–Crippen MR) is 75.2 cm³/mol. The quantitative estimate of drug-likeness (QED) is 0.545.